The number of rotatable bonds is 8. The molecule has 0 radical (unpaired) electrons. The molecule has 1 aliphatic rings. The second-order valence-electron chi connectivity index (χ2n) is 11.0. The standard InChI is InChI=1S/C30H34ClFN4O2SSi/c1-20-19-37-28-23-25(24(32)26(31)34-28)33-29(39-5)35-27(23)36(20)17-12-18-38-40(30(2,3)4,21-13-8-6-9-14-21)22-15-10-7-11-16-22/h6-11,13-16,20H,12,17-19H2,1-5H3/t20-/m0/s1. The normalized spacial score (nSPS) is 15.7. The van der Waals surface area contributed by atoms with Gasteiger partial charge < -0.3 is 14.1 Å². The first-order valence-corrected chi connectivity index (χ1v) is 16.9. The predicted molar refractivity (Wildman–Crippen MR) is 165 cm³/mol. The second-order valence-corrected chi connectivity index (χ2v) is 16.4. The maximum atomic E-state index is 15.1. The summed E-state index contributed by atoms with van der Waals surface area (Å²) in [4.78, 5) is 15.5. The quantitative estimate of drug-likeness (QED) is 0.0801. The Morgan fingerprint density at radius 3 is 2.25 bits per heavy atom. The number of ether oxygens (including phenoxy) is 1. The first kappa shape index (κ1) is 28.8. The van der Waals surface area contributed by atoms with Gasteiger partial charge in [-0.05, 0) is 35.0 Å². The fourth-order valence-corrected chi connectivity index (χ4v) is 10.7. The van der Waals surface area contributed by atoms with Crippen molar-refractivity contribution in [3.8, 4) is 5.88 Å². The van der Waals surface area contributed by atoms with Gasteiger partial charge in [0.25, 0.3) is 8.32 Å². The van der Waals surface area contributed by atoms with Crippen molar-refractivity contribution >= 4 is 58.8 Å². The average Bonchev–Trinajstić information content (AvgIpc) is 3.08. The summed E-state index contributed by atoms with van der Waals surface area (Å²) < 4.78 is 28.2. The van der Waals surface area contributed by atoms with Gasteiger partial charge in [0, 0.05) is 13.2 Å². The number of halogens is 2. The number of thioether (sulfide) groups is 1. The van der Waals surface area contributed by atoms with Crippen LogP contribution in [-0.2, 0) is 4.43 Å². The zero-order chi connectivity index (χ0) is 28.5. The van der Waals surface area contributed by atoms with Crippen molar-refractivity contribution in [2.24, 2.45) is 0 Å². The molecule has 0 aliphatic carbocycles. The molecule has 0 unspecified atom stereocenters. The smallest absolute Gasteiger partial charge is 0.261 e. The molecular formula is C30H34ClFN4O2SSi. The molecule has 10 heteroatoms. The number of anilines is 1. The third-order valence-electron chi connectivity index (χ3n) is 7.40. The Morgan fingerprint density at radius 1 is 1.05 bits per heavy atom. The van der Waals surface area contributed by atoms with Crippen LogP contribution >= 0.6 is 23.4 Å². The molecular weight excluding hydrogens is 563 g/mol. The highest BCUT2D eigenvalue weighted by molar-refractivity contribution is 7.98. The Hall–Kier alpha value is -2.72. The molecule has 1 aliphatic heterocycles. The highest BCUT2D eigenvalue weighted by Crippen LogP contribution is 2.40. The summed E-state index contributed by atoms with van der Waals surface area (Å²) in [7, 11) is -2.64. The summed E-state index contributed by atoms with van der Waals surface area (Å²) >= 11 is 7.45. The van der Waals surface area contributed by atoms with Crippen LogP contribution in [0.5, 0.6) is 5.88 Å². The maximum absolute atomic E-state index is 15.1. The first-order chi connectivity index (χ1) is 19.2. The highest BCUT2D eigenvalue weighted by Gasteiger charge is 2.50. The molecule has 0 fully saturated rings. The zero-order valence-electron chi connectivity index (χ0n) is 23.4. The minimum Gasteiger partial charge on any atom is -0.475 e. The Morgan fingerprint density at radius 2 is 1.68 bits per heavy atom. The van der Waals surface area contributed by atoms with E-state index in [-0.39, 0.29) is 27.6 Å². The van der Waals surface area contributed by atoms with E-state index in [0.717, 1.165) is 6.42 Å². The summed E-state index contributed by atoms with van der Waals surface area (Å²) in [6.07, 6.45) is 2.61. The molecule has 3 heterocycles. The number of hydrogen-bond acceptors (Lipinski definition) is 7. The van der Waals surface area contributed by atoms with Crippen LogP contribution in [0.15, 0.2) is 65.8 Å². The van der Waals surface area contributed by atoms with E-state index < -0.39 is 14.1 Å². The molecule has 0 N–H and O–H groups in total. The Balaban J connectivity index is 1.47. The van der Waals surface area contributed by atoms with Crippen LogP contribution in [0.4, 0.5) is 10.2 Å². The van der Waals surface area contributed by atoms with Gasteiger partial charge in [0.2, 0.25) is 5.88 Å². The molecule has 0 amide bonds. The van der Waals surface area contributed by atoms with Crippen LogP contribution in [0.1, 0.15) is 34.1 Å². The van der Waals surface area contributed by atoms with Gasteiger partial charge in [-0.2, -0.15) is 4.98 Å². The molecule has 40 heavy (non-hydrogen) atoms. The summed E-state index contributed by atoms with van der Waals surface area (Å²) in [6.45, 7) is 10.5. The molecule has 4 aromatic rings. The maximum Gasteiger partial charge on any atom is 0.261 e. The summed E-state index contributed by atoms with van der Waals surface area (Å²) in [6, 6.07) is 21.2. The molecule has 5 rings (SSSR count). The molecule has 210 valence electrons. The zero-order valence-corrected chi connectivity index (χ0v) is 26.0. The lowest BCUT2D eigenvalue weighted by Gasteiger charge is -2.43. The van der Waals surface area contributed by atoms with Crippen LogP contribution in [0, 0.1) is 5.82 Å². The van der Waals surface area contributed by atoms with Gasteiger partial charge in [0.1, 0.15) is 23.3 Å². The van der Waals surface area contributed by atoms with E-state index in [1.807, 2.05) is 18.4 Å². The van der Waals surface area contributed by atoms with Crippen LogP contribution in [0.25, 0.3) is 10.9 Å². The van der Waals surface area contributed by atoms with E-state index in [9.17, 15) is 0 Å². The van der Waals surface area contributed by atoms with Crippen LogP contribution in [0.3, 0.4) is 0 Å². The number of pyridine rings is 1. The lowest BCUT2D eigenvalue weighted by Crippen LogP contribution is -2.66. The minimum absolute atomic E-state index is 0.0308. The molecule has 0 bridgehead atoms. The van der Waals surface area contributed by atoms with E-state index >= 15 is 4.39 Å². The second kappa shape index (κ2) is 11.6. The van der Waals surface area contributed by atoms with Gasteiger partial charge in [-0.15, -0.1) is 0 Å². The van der Waals surface area contributed by atoms with E-state index in [0.29, 0.717) is 36.1 Å². The SMILES string of the molecule is CSc1nc2c3c(nc(Cl)c(F)c3n1)OC[C@H](C)N2CCCO[Si](c1ccccc1)(c1ccccc1)C(C)(C)C. The topological polar surface area (TPSA) is 60.4 Å². The lowest BCUT2D eigenvalue weighted by atomic mass is 10.2. The Labute approximate surface area is 245 Å². The first-order valence-electron chi connectivity index (χ1n) is 13.4. The number of nitrogens with zero attached hydrogens (tertiary/aromatic N) is 4. The fraction of sp³-hybridized carbons (Fsp3) is 0.367. The molecule has 0 spiro atoms. The van der Waals surface area contributed by atoms with E-state index in [2.05, 4.69) is 91.1 Å². The summed E-state index contributed by atoms with van der Waals surface area (Å²) in [5.74, 6) is 0.220. The van der Waals surface area contributed by atoms with Gasteiger partial charge in [-0.3, -0.25) is 0 Å². The van der Waals surface area contributed by atoms with Gasteiger partial charge in [0.15, 0.2) is 16.1 Å². The third kappa shape index (κ3) is 5.20. The molecule has 0 saturated carbocycles. The number of benzene rings is 2. The Bertz CT molecular complexity index is 1450. The van der Waals surface area contributed by atoms with E-state index in [4.69, 9.17) is 25.7 Å². The van der Waals surface area contributed by atoms with Crippen molar-refractivity contribution in [1.82, 2.24) is 15.0 Å². The van der Waals surface area contributed by atoms with Crippen molar-refractivity contribution in [2.45, 2.75) is 50.4 Å². The van der Waals surface area contributed by atoms with Crippen LogP contribution < -0.4 is 20.0 Å². The Kier molecular flexibility index (Phi) is 8.38. The van der Waals surface area contributed by atoms with Crippen LogP contribution in [-0.4, -0.2) is 55.3 Å². The number of hydrogen-bond donors (Lipinski definition) is 0. The number of aromatic nitrogens is 3. The van der Waals surface area contributed by atoms with Gasteiger partial charge >= 0.3 is 0 Å². The molecule has 1 atom stereocenters. The molecule has 2 aromatic carbocycles. The highest BCUT2D eigenvalue weighted by atomic mass is 35.5. The largest absolute Gasteiger partial charge is 0.475 e. The third-order valence-corrected chi connectivity index (χ3v) is 13.2. The minimum atomic E-state index is -2.64. The van der Waals surface area contributed by atoms with Crippen LogP contribution in [0.2, 0.25) is 10.2 Å². The van der Waals surface area contributed by atoms with E-state index in [1.165, 1.54) is 22.1 Å². The van der Waals surface area contributed by atoms with Crippen molar-refractivity contribution in [3.05, 3.63) is 71.6 Å². The summed E-state index contributed by atoms with van der Waals surface area (Å²) in [5, 5.41) is 3.07. The van der Waals surface area contributed by atoms with E-state index in [1.54, 1.807) is 0 Å². The molecule has 2 aromatic heterocycles. The van der Waals surface area contributed by atoms with Gasteiger partial charge in [-0.1, -0.05) is 105 Å². The molecule has 6 nitrogen and oxygen atoms in total. The summed E-state index contributed by atoms with van der Waals surface area (Å²) in [5.41, 5.74) is 0.131. The van der Waals surface area contributed by atoms with Crippen molar-refractivity contribution < 1.29 is 13.6 Å². The van der Waals surface area contributed by atoms with Crippen molar-refractivity contribution in [1.29, 1.82) is 0 Å². The fourth-order valence-electron chi connectivity index (χ4n) is 5.53. The van der Waals surface area contributed by atoms with Gasteiger partial charge in [0.05, 0.1) is 6.04 Å². The van der Waals surface area contributed by atoms with Crippen molar-refractivity contribution in [3.63, 3.8) is 0 Å². The predicted octanol–water partition coefficient (Wildman–Crippen LogP) is 6.09. The average molecular weight is 597 g/mol. The van der Waals surface area contributed by atoms with Gasteiger partial charge in [-0.25, -0.2) is 14.4 Å². The monoisotopic (exact) mass is 596 g/mol. The molecule has 0 saturated heterocycles. The lowest BCUT2D eigenvalue weighted by molar-refractivity contribution is 0.274. The van der Waals surface area contributed by atoms with Crippen molar-refractivity contribution in [2.75, 3.05) is 30.9 Å².